The lowest BCUT2D eigenvalue weighted by atomic mass is 9.80. The van der Waals surface area contributed by atoms with E-state index in [1.165, 1.54) is 0 Å². The Balaban J connectivity index is 1.99. The maximum absolute atomic E-state index is 12.4. The van der Waals surface area contributed by atoms with E-state index in [0.29, 0.717) is 19.4 Å². The standard InChI is InChI=1S/C17H27N3O3/c1-4-18-16(22)17(10-6-5-7-11-17)19-15(21)9-8-14-12(2)20-23-13(14)3/h4-11H2,1-3H3,(H,18,22)(H,19,21). The monoisotopic (exact) mass is 321 g/mol. The second-order valence-electron chi connectivity index (χ2n) is 6.35. The number of aromatic nitrogens is 1. The Bertz CT molecular complexity index is 540. The molecule has 1 fully saturated rings. The zero-order chi connectivity index (χ0) is 16.9. The van der Waals surface area contributed by atoms with Gasteiger partial charge in [0.15, 0.2) is 0 Å². The van der Waals surface area contributed by atoms with E-state index in [0.717, 1.165) is 49.1 Å². The number of hydrogen-bond donors (Lipinski definition) is 2. The number of carbonyl (C=O) groups excluding carboxylic acids is 2. The van der Waals surface area contributed by atoms with Crippen LogP contribution in [-0.4, -0.2) is 29.1 Å². The third-order valence-electron chi connectivity index (χ3n) is 4.64. The first-order valence-electron chi connectivity index (χ1n) is 8.49. The number of aryl methyl sites for hydroxylation is 2. The van der Waals surface area contributed by atoms with Gasteiger partial charge in [-0.2, -0.15) is 0 Å². The van der Waals surface area contributed by atoms with E-state index in [-0.39, 0.29) is 11.8 Å². The Hall–Kier alpha value is -1.85. The van der Waals surface area contributed by atoms with E-state index in [4.69, 9.17) is 4.52 Å². The molecule has 2 N–H and O–H groups in total. The van der Waals surface area contributed by atoms with Gasteiger partial charge in [-0.05, 0) is 40.0 Å². The molecule has 2 amide bonds. The van der Waals surface area contributed by atoms with E-state index in [9.17, 15) is 9.59 Å². The molecule has 0 atom stereocenters. The molecule has 6 heteroatoms. The van der Waals surface area contributed by atoms with Crippen molar-refractivity contribution in [1.29, 1.82) is 0 Å². The van der Waals surface area contributed by atoms with Gasteiger partial charge in [0.2, 0.25) is 11.8 Å². The van der Waals surface area contributed by atoms with Crippen molar-refractivity contribution in [1.82, 2.24) is 15.8 Å². The normalized spacial score (nSPS) is 16.8. The minimum atomic E-state index is -0.732. The van der Waals surface area contributed by atoms with Crippen LogP contribution in [0.4, 0.5) is 0 Å². The average Bonchev–Trinajstić information content (AvgIpc) is 2.85. The lowest BCUT2D eigenvalue weighted by Crippen LogP contribution is -2.59. The highest BCUT2D eigenvalue weighted by Gasteiger charge is 2.40. The molecule has 1 aliphatic carbocycles. The van der Waals surface area contributed by atoms with Crippen molar-refractivity contribution in [2.75, 3.05) is 6.54 Å². The lowest BCUT2D eigenvalue weighted by Gasteiger charge is -2.36. The number of nitrogens with zero attached hydrogens (tertiary/aromatic N) is 1. The molecule has 2 rings (SSSR count). The Kier molecular flexibility index (Phi) is 5.80. The molecule has 1 saturated carbocycles. The molecule has 1 heterocycles. The number of amides is 2. The van der Waals surface area contributed by atoms with Crippen molar-refractivity contribution in [3.63, 3.8) is 0 Å². The van der Waals surface area contributed by atoms with Gasteiger partial charge >= 0.3 is 0 Å². The molecule has 6 nitrogen and oxygen atoms in total. The smallest absolute Gasteiger partial charge is 0.245 e. The van der Waals surface area contributed by atoms with Crippen LogP contribution in [0, 0.1) is 13.8 Å². The van der Waals surface area contributed by atoms with Crippen LogP contribution in [0.1, 0.15) is 62.5 Å². The number of rotatable bonds is 6. The van der Waals surface area contributed by atoms with Gasteiger partial charge in [0.25, 0.3) is 0 Å². The molecule has 0 bridgehead atoms. The zero-order valence-corrected chi connectivity index (χ0v) is 14.3. The number of carbonyl (C=O) groups is 2. The predicted molar refractivity (Wildman–Crippen MR) is 86.9 cm³/mol. The van der Waals surface area contributed by atoms with E-state index in [1.54, 1.807) is 0 Å². The molecule has 0 spiro atoms. The maximum Gasteiger partial charge on any atom is 0.245 e. The number of likely N-dealkylation sites (N-methyl/N-ethyl adjacent to an activating group) is 1. The van der Waals surface area contributed by atoms with Crippen LogP contribution >= 0.6 is 0 Å². The largest absolute Gasteiger partial charge is 0.361 e. The summed E-state index contributed by atoms with van der Waals surface area (Å²) in [6.45, 7) is 6.20. The number of hydrogen-bond acceptors (Lipinski definition) is 4. The van der Waals surface area contributed by atoms with Gasteiger partial charge in [-0.25, -0.2) is 0 Å². The van der Waals surface area contributed by atoms with Crippen LogP contribution in [0.15, 0.2) is 4.52 Å². The van der Waals surface area contributed by atoms with Crippen LogP contribution in [0.2, 0.25) is 0 Å². The topological polar surface area (TPSA) is 84.2 Å². The highest BCUT2D eigenvalue weighted by Crippen LogP contribution is 2.28. The first-order chi connectivity index (χ1) is 11.0. The molecule has 1 aromatic rings. The van der Waals surface area contributed by atoms with Crippen molar-refractivity contribution in [2.24, 2.45) is 0 Å². The van der Waals surface area contributed by atoms with Gasteiger partial charge in [0, 0.05) is 18.5 Å². The highest BCUT2D eigenvalue weighted by atomic mass is 16.5. The minimum absolute atomic E-state index is 0.0506. The molecular weight excluding hydrogens is 294 g/mol. The third-order valence-corrected chi connectivity index (χ3v) is 4.64. The second-order valence-corrected chi connectivity index (χ2v) is 6.35. The summed E-state index contributed by atoms with van der Waals surface area (Å²) in [6, 6.07) is 0. The Labute approximate surface area is 137 Å². The molecule has 128 valence electrons. The fourth-order valence-electron chi connectivity index (χ4n) is 3.32. The fourth-order valence-corrected chi connectivity index (χ4v) is 3.32. The van der Waals surface area contributed by atoms with E-state index in [1.807, 2.05) is 20.8 Å². The molecule has 0 saturated heterocycles. The third kappa shape index (κ3) is 4.12. The summed E-state index contributed by atoms with van der Waals surface area (Å²) in [5, 5.41) is 9.79. The molecule has 0 aromatic carbocycles. The van der Waals surface area contributed by atoms with Crippen molar-refractivity contribution >= 4 is 11.8 Å². The van der Waals surface area contributed by atoms with Crippen molar-refractivity contribution in [3.8, 4) is 0 Å². The quantitative estimate of drug-likeness (QED) is 0.841. The van der Waals surface area contributed by atoms with Gasteiger partial charge in [0.05, 0.1) is 5.69 Å². The summed E-state index contributed by atoms with van der Waals surface area (Å²) < 4.78 is 5.12. The van der Waals surface area contributed by atoms with Crippen molar-refractivity contribution < 1.29 is 14.1 Å². The first-order valence-corrected chi connectivity index (χ1v) is 8.49. The first kappa shape index (κ1) is 17.5. The summed E-state index contributed by atoms with van der Waals surface area (Å²) in [5.74, 6) is 0.620. The average molecular weight is 321 g/mol. The summed E-state index contributed by atoms with van der Waals surface area (Å²) in [5.41, 5.74) is 1.08. The summed E-state index contributed by atoms with van der Waals surface area (Å²) in [6.07, 6.45) is 5.42. The Morgan fingerprint density at radius 1 is 1.22 bits per heavy atom. The van der Waals surface area contributed by atoms with Crippen LogP contribution in [0.25, 0.3) is 0 Å². The Morgan fingerprint density at radius 2 is 1.91 bits per heavy atom. The predicted octanol–water partition coefficient (Wildman–Crippen LogP) is 2.18. The minimum Gasteiger partial charge on any atom is -0.361 e. The van der Waals surface area contributed by atoms with Crippen LogP contribution in [0.5, 0.6) is 0 Å². The summed E-state index contributed by atoms with van der Waals surface area (Å²) in [7, 11) is 0. The summed E-state index contributed by atoms with van der Waals surface area (Å²) >= 11 is 0. The van der Waals surface area contributed by atoms with Gasteiger partial charge in [-0.1, -0.05) is 24.4 Å². The second kappa shape index (κ2) is 7.62. The molecule has 1 aromatic heterocycles. The van der Waals surface area contributed by atoms with Gasteiger partial charge < -0.3 is 15.2 Å². The van der Waals surface area contributed by atoms with Crippen LogP contribution < -0.4 is 10.6 Å². The van der Waals surface area contributed by atoms with Gasteiger partial charge in [0.1, 0.15) is 11.3 Å². The fraction of sp³-hybridized carbons (Fsp3) is 0.706. The molecule has 23 heavy (non-hydrogen) atoms. The Morgan fingerprint density at radius 3 is 2.48 bits per heavy atom. The molecule has 1 aliphatic rings. The summed E-state index contributed by atoms with van der Waals surface area (Å²) in [4.78, 5) is 24.8. The van der Waals surface area contributed by atoms with Crippen molar-refractivity contribution in [2.45, 2.75) is 71.3 Å². The lowest BCUT2D eigenvalue weighted by molar-refractivity contribution is -0.135. The van der Waals surface area contributed by atoms with Crippen LogP contribution in [0.3, 0.4) is 0 Å². The van der Waals surface area contributed by atoms with Gasteiger partial charge in [-0.15, -0.1) is 0 Å². The maximum atomic E-state index is 12.4. The zero-order valence-electron chi connectivity index (χ0n) is 14.3. The van der Waals surface area contributed by atoms with Gasteiger partial charge in [-0.3, -0.25) is 9.59 Å². The van der Waals surface area contributed by atoms with Crippen LogP contribution in [-0.2, 0) is 16.0 Å². The number of nitrogens with one attached hydrogen (secondary N) is 2. The molecular formula is C17H27N3O3. The van der Waals surface area contributed by atoms with Crippen molar-refractivity contribution in [3.05, 3.63) is 17.0 Å². The molecule has 0 radical (unpaired) electrons. The van der Waals surface area contributed by atoms with E-state index in [2.05, 4.69) is 15.8 Å². The highest BCUT2D eigenvalue weighted by molar-refractivity contribution is 5.91. The molecule has 0 aliphatic heterocycles. The molecule has 0 unspecified atom stereocenters. The van der Waals surface area contributed by atoms with E-state index >= 15 is 0 Å². The SMILES string of the molecule is CCNC(=O)C1(NC(=O)CCc2c(C)noc2C)CCCCC1. The van der Waals surface area contributed by atoms with E-state index < -0.39 is 5.54 Å².